The Kier molecular flexibility index (Phi) is 2.63. The second kappa shape index (κ2) is 4.09. The number of ketones is 1. The first-order chi connectivity index (χ1) is 7.74. The number of nitrogens with one attached hydrogen (secondary N) is 1. The van der Waals surface area contributed by atoms with Crippen LogP contribution in [0.1, 0.15) is 16.2 Å². The molecular weight excluding hydrogens is 213 g/mol. The fraction of sp³-hybridized carbons (Fsp3) is 0.100. The Hall–Kier alpha value is -2.24. The average Bonchev–Trinajstić information content (AvgIpc) is 2.82. The monoisotopic (exact) mass is 221 g/mol. The number of halogens is 1. The van der Waals surface area contributed by atoms with E-state index in [1.165, 1.54) is 31.6 Å². The van der Waals surface area contributed by atoms with Gasteiger partial charge in [0.1, 0.15) is 6.33 Å². The van der Waals surface area contributed by atoms with E-state index in [0.717, 1.165) is 0 Å². The number of rotatable bonds is 3. The van der Waals surface area contributed by atoms with Crippen LogP contribution < -0.4 is 4.74 Å². The van der Waals surface area contributed by atoms with Crippen molar-refractivity contribution in [2.24, 2.45) is 0 Å². The Bertz CT molecular complexity index is 511. The molecule has 16 heavy (non-hydrogen) atoms. The van der Waals surface area contributed by atoms with E-state index in [9.17, 15) is 9.18 Å². The molecule has 0 saturated heterocycles. The molecular formula is C10H8FN3O2. The summed E-state index contributed by atoms with van der Waals surface area (Å²) < 4.78 is 18.5. The quantitative estimate of drug-likeness (QED) is 0.790. The molecule has 0 unspecified atom stereocenters. The van der Waals surface area contributed by atoms with E-state index in [1.807, 2.05) is 0 Å². The van der Waals surface area contributed by atoms with E-state index < -0.39 is 11.6 Å². The molecule has 2 aromatic rings. The topological polar surface area (TPSA) is 67.9 Å². The van der Waals surface area contributed by atoms with Gasteiger partial charge in [0.25, 0.3) is 0 Å². The van der Waals surface area contributed by atoms with E-state index >= 15 is 0 Å². The predicted octanol–water partition coefficient (Wildman–Crippen LogP) is 1.18. The summed E-state index contributed by atoms with van der Waals surface area (Å²) in [6.07, 6.45) is 1.19. The zero-order valence-electron chi connectivity index (χ0n) is 8.40. The lowest BCUT2D eigenvalue weighted by Gasteiger charge is -2.04. The first-order valence-corrected chi connectivity index (χ1v) is 4.46. The normalized spacial score (nSPS) is 10.1. The molecule has 0 radical (unpaired) electrons. The highest BCUT2D eigenvalue weighted by molar-refractivity contribution is 6.06. The van der Waals surface area contributed by atoms with Crippen molar-refractivity contribution >= 4 is 5.78 Å². The van der Waals surface area contributed by atoms with E-state index in [1.54, 1.807) is 0 Å². The second-order valence-corrected chi connectivity index (χ2v) is 2.99. The molecule has 82 valence electrons. The number of ether oxygens (including phenoxy) is 1. The molecule has 0 atom stereocenters. The van der Waals surface area contributed by atoms with Crippen LogP contribution in [0.2, 0.25) is 0 Å². The maximum Gasteiger partial charge on any atom is 0.232 e. The molecule has 0 saturated carbocycles. The largest absolute Gasteiger partial charge is 0.494 e. The summed E-state index contributed by atoms with van der Waals surface area (Å²) in [5.41, 5.74) is -0.101. The predicted molar refractivity (Wildman–Crippen MR) is 52.8 cm³/mol. The molecule has 0 aliphatic carbocycles. The molecule has 1 heterocycles. The second-order valence-electron chi connectivity index (χ2n) is 2.99. The minimum absolute atomic E-state index is 0.00727. The van der Waals surface area contributed by atoms with Gasteiger partial charge in [-0.15, -0.1) is 0 Å². The van der Waals surface area contributed by atoms with Crippen molar-refractivity contribution in [3.8, 4) is 5.75 Å². The van der Waals surface area contributed by atoms with Gasteiger partial charge in [-0.05, 0) is 12.1 Å². The van der Waals surface area contributed by atoms with E-state index in [0.29, 0.717) is 0 Å². The summed E-state index contributed by atoms with van der Waals surface area (Å²) >= 11 is 0. The van der Waals surface area contributed by atoms with Crippen molar-refractivity contribution in [2.75, 3.05) is 7.11 Å². The smallest absolute Gasteiger partial charge is 0.232 e. The minimum Gasteiger partial charge on any atom is -0.494 e. The van der Waals surface area contributed by atoms with Gasteiger partial charge >= 0.3 is 0 Å². The van der Waals surface area contributed by atoms with Crippen LogP contribution in [0.25, 0.3) is 0 Å². The minimum atomic E-state index is -0.702. The van der Waals surface area contributed by atoms with Gasteiger partial charge < -0.3 is 4.74 Å². The Morgan fingerprint density at radius 1 is 1.50 bits per heavy atom. The third-order valence-corrected chi connectivity index (χ3v) is 2.06. The Labute approximate surface area is 90.3 Å². The number of aromatic nitrogens is 3. The summed E-state index contributed by atoms with van der Waals surface area (Å²) in [5, 5.41) is 5.91. The lowest BCUT2D eigenvalue weighted by Crippen LogP contribution is -2.07. The van der Waals surface area contributed by atoms with Gasteiger partial charge in [-0.3, -0.25) is 9.89 Å². The summed E-state index contributed by atoms with van der Waals surface area (Å²) in [6, 6.07) is 4.33. The number of H-pyrrole nitrogens is 1. The van der Waals surface area contributed by atoms with Gasteiger partial charge in [0.05, 0.1) is 12.7 Å². The van der Waals surface area contributed by atoms with Crippen LogP contribution >= 0.6 is 0 Å². The first kappa shape index (κ1) is 10.3. The summed E-state index contributed by atoms with van der Waals surface area (Å²) in [7, 11) is 1.33. The number of aromatic amines is 1. The SMILES string of the molecule is COc1cccc(C(=O)c2ncn[nH]2)c1F. The number of benzene rings is 1. The molecule has 2 rings (SSSR count). The molecule has 6 heteroatoms. The molecule has 0 amide bonds. The highest BCUT2D eigenvalue weighted by atomic mass is 19.1. The van der Waals surface area contributed by atoms with Gasteiger partial charge in [0, 0.05) is 0 Å². The van der Waals surface area contributed by atoms with Crippen LogP contribution in [0.5, 0.6) is 5.75 Å². The fourth-order valence-corrected chi connectivity index (χ4v) is 1.29. The van der Waals surface area contributed by atoms with Gasteiger partial charge in [0.2, 0.25) is 5.78 Å². The molecule has 0 spiro atoms. The van der Waals surface area contributed by atoms with Gasteiger partial charge in [-0.25, -0.2) is 9.37 Å². The van der Waals surface area contributed by atoms with E-state index in [2.05, 4.69) is 15.2 Å². The maximum atomic E-state index is 13.7. The van der Waals surface area contributed by atoms with Crippen LogP contribution in [0.15, 0.2) is 24.5 Å². The lowest BCUT2D eigenvalue weighted by atomic mass is 10.1. The highest BCUT2D eigenvalue weighted by Crippen LogP contribution is 2.21. The number of carbonyl (C=O) groups excluding carboxylic acids is 1. The molecule has 5 nitrogen and oxygen atoms in total. The summed E-state index contributed by atoms with van der Waals surface area (Å²) in [4.78, 5) is 15.4. The standard InChI is InChI=1S/C10H8FN3O2/c1-16-7-4-2-3-6(8(7)11)9(15)10-12-5-13-14-10/h2-5H,1H3,(H,12,13,14). The van der Waals surface area contributed by atoms with Crippen LogP contribution in [-0.4, -0.2) is 28.1 Å². The van der Waals surface area contributed by atoms with Crippen molar-refractivity contribution in [3.05, 3.63) is 41.7 Å². The van der Waals surface area contributed by atoms with Crippen molar-refractivity contribution in [2.45, 2.75) is 0 Å². The number of carbonyl (C=O) groups is 1. The Morgan fingerprint density at radius 2 is 2.31 bits per heavy atom. The fourth-order valence-electron chi connectivity index (χ4n) is 1.29. The van der Waals surface area contributed by atoms with Crippen molar-refractivity contribution < 1.29 is 13.9 Å². The Morgan fingerprint density at radius 3 is 2.94 bits per heavy atom. The summed E-state index contributed by atoms with van der Waals surface area (Å²) in [5.74, 6) is -1.25. The number of hydrogen-bond donors (Lipinski definition) is 1. The zero-order valence-corrected chi connectivity index (χ0v) is 8.40. The van der Waals surface area contributed by atoms with Gasteiger partial charge in [-0.1, -0.05) is 6.07 Å². The molecule has 0 bridgehead atoms. The number of methoxy groups -OCH3 is 1. The maximum absolute atomic E-state index is 13.7. The third kappa shape index (κ3) is 1.65. The lowest BCUT2D eigenvalue weighted by molar-refractivity contribution is 0.102. The number of hydrogen-bond acceptors (Lipinski definition) is 4. The molecule has 1 aromatic heterocycles. The average molecular weight is 221 g/mol. The molecule has 1 N–H and O–H groups in total. The van der Waals surface area contributed by atoms with Crippen LogP contribution in [-0.2, 0) is 0 Å². The van der Waals surface area contributed by atoms with Crippen molar-refractivity contribution in [3.63, 3.8) is 0 Å². The van der Waals surface area contributed by atoms with Crippen LogP contribution in [0.3, 0.4) is 0 Å². The van der Waals surface area contributed by atoms with Crippen molar-refractivity contribution in [1.29, 1.82) is 0 Å². The van der Waals surface area contributed by atoms with Gasteiger partial charge in [0.15, 0.2) is 17.4 Å². The van der Waals surface area contributed by atoms with Crippen molar-refractivity contribution in [1.82, 2.24) is 15.2 Å². The van der Waals surface area contributed by atoms with E-state index in [4.69, 9.17) is 4.74 Å². The molecule has 1 aromatic carbocycles. The highest BCUT2D eigenvalue weighted by Gasteiger charge is 2.18. The molecule has 0 fully saturated rings. The first-order valence-electron chi connectivity index (χ1n) is 4.46. The zero-order chi connectivity index (χ0) is 11.5. The summed E-state index contributed by atoms with van der Waals surface area (Å²) in [6.45, 7) is 0. The third-order valence-electron chi connectivity index (χ3n) is 2.06. The molecule has 0 aliphatic rings. The molecule has 0 aliphatic heterocycles. The van der Waals surface area contributed by atoms with E-state index in [-0.39, 0.29) is 17.1 Å². The van der Waals surface area contributed by atoms with Crippen LogP contribution in [0, 0.1) is 5.82 Å². The van der Waals surface area contributed by atoms with Gasteiger partial charge in [-0.2, -0.15) is 5.10 Å². The van der Waals surface area contributed by atoms with Crippen LogP contribution in [0.4, 0.5) is 4.39 Å². The number of nitrogens with zero attached hydrogens (tertiary/aromatic N) is 2. The Balaban J connectivity index is 2.45.